The maximum Gasteiger partial charge on any atom is 0.123 e. The summed E-state index contributed by atoms with van der Waals surface area (Å²) in [7, 11) is 0. The van der Waals surface area contributed by atoms with Crippen LogP contribution in [-0.2, 0) is 6.42 Å². The lowest BCUT2D eigenvalue weighted by molar-refractivity contribution is 0.296. The molecule has 108 valence electrons. The van der Waals surface area contributed by atoms with E-state index < -0.39 is 0 Å². The summed E-state index contributed by atoms with van der Waals surface area (Å²) >= 11 is 0. The molecule has 1 nitrogen and oxygen atoms in total. The molecule has 2 unspecified atom stereocenters. The molecular weight excluding hydrogens is 237 g/mol. The lowest BCUT2D eigenvalue weighted by Gasteiger charge is -2.28. The van der Waals surface area contributed by atoms with Gasteiger partial charge in [0, 0.05) is 6.04 Å². The summed E-state index contributed by atoms with van der Waals surface area (Å²) in [6.07, 6.45) is 2.03. The molecule has 1 aromatic rings. The monoisotopic (exact) mass is 265 g/mol. The van der Waals surface area contributed by atoms with Gasteiger partial charge in [-0.05, 0) is 61.4 Å². The molecule has 1 aromatic carbocycles. The van der Waals surface area contributed by atoms with Gasteiger partial charge in [0.05, 0.1) is 0 Å². The van der Waals surface area contributed by atoms with Crippen LogP contribution in [0.15, 0.2) is 18.2 Å². The van der Waals surface area contributed by atoms with E-state index in [1.165, 1.54) is 5.56 Å². The zero-order valence-electron chi connectivity index (χ0n) is 13.0. The van der Waals surface area contributed by atoms with Gasteiger partial charge in [-0.1, -0.05) is 33.8 Å². The normalized spacial score (nSPS) is 14.7. The van der Waals surface area contributed by atoms with E-state index in [9.17, 15) is 4.39 Å². The van der Waals surface area contributed by atoms with Gasteiger partial charge >= 0.3 is 0 Å². The summed E-state index contributed by atoms with van der Waals surface area (Å²) in [5, 5.41) is 3.62. The summed E-state index contributed by atoms with van der Waals surface area (Å²) in [4.78, 5) is 0. The smallest absolute Gasteiger partial charge is 0.123 e. The van der Waals surface area contributed by atoms with Crippen molar-refractivity contribution in [2.45, 2.75) is 53.5 Å². The molecule has 1 N–H and O–H groups in total. The molecule has 0 aromatic heterocycles. The predicted molar refractivity (Wildman–Crippen MR) is 80.9 cm³/mol. The van der Waals surface area contributed by atoms with Crippen molar-refractivity contribution in [2.24, 2.45) is 11.8 Å². The van der Waals surface area contributed by atoms with Crippen molar-refractivity contribution in [3.63, 3.8) is 0 Å². The fourth-order valence-electron chi connectivity index (χ4n) is 2.34. The first-order chi connectivity index (χ1) is 8.95. The van der Waals surface area contributed by atoms with Crippen molar-refractivity contribution in [3.05, 3.63) is 35.1 Å². The van der Waals surface area contributed by atoms with Crippen LogP contribution in [-0.4, -0.2) is 12.6 Å². The highest BCUT2D eigenvalue weighted by molar-refractivity contribution is 5.27. The van der Waals surface area contributed by atoms with Gasteiger partial charge in [-0.25, -0.2) is 4.39 Å². The first-order valence-corrected chi connectivity index (χ1v) is 7.44. The van der Waals surface area contributed by atoms with Crippen LogP contribution in [0.5, 0.6) is 0 Å². The van der Waals surface area contributed by atoms with E-state index in [0.717, 1.165) is 24.9 Å². The van der Waals surface area contributed by atoms with Crippen molar-refractivity contribution >= 4 is 0 Å². The van der Waals surface area contributed by atoms with E-state index in [-0.39, 0.29) is 5.82 Å². The Morgan fingerprint density at radius 1 is 1.21 bits per heavy atom. The Bertz CT molecular complexity index is 387. The Morgan fingerprint density at radius 3 is 2.47 bits per heavy atom. The Balaban J connectivity index is 2.83. The number of nitrogens with one attached hydrogen (secondary N) is 1. The Labute approximate surface area is 117 Å². The molecule has 19 heavy (non-hydrogen) atoms. The molecule has 0 bridgehead atoms. The third-order valence-corrected chi connectivity index (χ3v) is 4.09. The average Bonchev–Trinajstić information content (AvgIpc) is 2.37. The minimum Gasteiger partial charge on any atom is -0.313 e. The molecule has 0 saturated carbocycles. The summed E-state index contributed by atoms with van der Waals surface area (Å²) < 4.78 is 13.4. The summed E-state index contributed by atoms with van der Waals surface area (Å²) in [6.45, 7) is 12.1. The maximum atomic E-state index is 13.4. The zero-order valence-corrected chi connectivity index (χ0v) is 13.0. The van der Waals surface area contributed by atoms with Gasteiger partial charge in [0.1, 0.15) is 5.82 Å². The third-order valence-electron chi connectivity index (χ3n) is 4.09. The van der Waals surface area contributed by atoms with E-state index >= 15 is 0 Å². The van der Waals surface area contributed by atoms with Crippen LogP contribution in [0.2, 0.25) is 0 Å². The average molecular weight is 265 g/mol. The van der Waals surface area contributed by atoms with Gasteiger partial charge in [0.15, 0.2) is 0 Å². The molecule has 0 aliphatic carbocycles. The van der Waals surface area contributed by atoms with E-state index in [1.807, 2.05) is 6.07 Å². The highest BCUT2D eigenvalue weighted by Crippen LogP contribution is 2.20. The second kappa shape index (κ2) is 7.64. The molecule has 0 fully saturated rings. The fraction of sp³-hybridized carbons (Fsp3) is 0.647. The highest BCUT2D eigenvalue weighted by Gasteiger charge is 2.20. The van der Waals surface area contributed by atoms with E-state index in [1.54, 1.807) is 12.1 Å². The fourth-order valence-corrected chi connectivity index (χ4v) is 2.34. The molecule has 1 rings (SSSR count). The quantitative estimate of drug-likeness (QED) is 0.773. The van der Waals surface area contributed by atoms with Crippen molar-refractivity contribution in [1.29, 1.82) is 0 Å². The second-order valence-electron chi connectivity index (χ2n) is 5.94. The van der Waals surface area contributed by atoms with E-state index in [4.69, 9.17) is 0 Å². The van der Waals surface area contributed by atoms with Crippen LogP contribution in [0.25, 0.3) is 0 Å². The van der Waals surface area contributed by atoms with Crippen LogP contribution in [0, 0.1) is 24.6 Å². The van der Waals surface area contributed by atoms with Gasteiger partial charge < -0.3 is 5.32 Å². The molecule has 0 aliphatic rings. The minimum atomic E-state index is -0.132. The van der Waals surface area contributed by atoms with Crippen molar-refractivity contribution in [2.75, 3.05) is 6.54 Å². The van der Waals surface area contributed by atoms with Crippen LogP contribution >= 0.6 is 0 Å². The molecule has 0 aliphatic heterocycles. The molecule has 0 heterocycles. The standard InChI is InChI=1S/C17H28FN/c1-6-9-19-17(14(5)12(2)3)11-15-10-16(18)8-7-13(15)4/h7-8,10,12,14,17,19H,6,9,11H2,1-5H3. The zero-order chi connectivity index (χ0) is 14.4. The molecule has 2 heteroatoms. The van der Waals surface area contributed by atoms with Crippen molar-refractivity contribution < 1.29 is 4.39 Å². The van der Waals surface area contributed by atoms with Gasteiger partial charge in [-0.3, -0.25) is 0 Å². The summed E-state index contributed by atoms with van der Waals surface area (Å²) in [5.41, 5.74) is 2.31. The van der Waals surface area contributed by atoms with Crippen LogP contribution in [0.4, 0.5) is 4.39 Å². The SMILES string of the molecule is CCCNC(Cc1cc(F)ccc1C)C(C)C(C)C. The molecule has 0 amide bonds. The molecule has 0 spiro atoms. The first kappa shape index (κ1) is 16.2. The van der Waals surface area contributed by atoms with E-state index in [2.05, 4.69) is 39.9 Å². The topological polar surface area (TPSA) is 12.0 Å². The first-order valence-electron chi connectivity index (χ1n) is 7.44. The largest absolute Gasteiger partial charge is 0.313 e. The van der Waals surface area contributed by atoms with Crippen LogP contribution < -0.4 is 5.32 Å². The Kier molecular flexibility index (Phi) is 6.50. The van der Waals surface area contributed by atoms with E-state index in [0.29, 0.717) is 17.9 Å². The number of halogens is 1. The molecule has 0 saturated heterocycles. The number of aryl methyl sites for hydroxylation is 1. The van der Waals surface area contributed by atoms with Crippen LogP contribution in [0.1, 0.15) is 45.2 Å². The predicted octanol–water partition coefficient (Wildman–Crippen LogP) is 4.34. The lowest BCUT2D eigenvalue weighted by Crippen LogP contribution is -2.39. The molecule has 2 atom stereocenters. The highest BCUT2D eigenvalue weighted by atomic mass is 19.1. The third kappa shape index (κ3) is 4.94. The second-order valence-corrected chi connectivity index (χ2v) is 5.94. The number of benzene rings is 1. The number of hydrogen-bond acceptors (Lipinski definition) is 1. The van der Waals surface area contributed by atoms with Gasteiger partial charge in [0.25, 0.3) is 0 Å². The molecular formula is C17H28FN. The number of rotatable bonds is 7. The number of hydrogen-bond donors (Lipinski definition) is 1. The van der Waals surface area contributed by atoms with Crippen LogP contribution in [0.3, 0.4) is 0 Å². The van der Waals surface area contributed by atoms with Crippen molar-refractivity contribution in [1.82, 2.24) is 5.32 Å². The summed E-state index contributed by atoms with van der Waals surface area (Å²) in [6, 6.07) is 5.52. The lowest BCUT2D eigenvalue weighted by atomic mass is 9.85. The van der Waals surface area contributed by atoms with Gasteiger partial charge in [0.2, 0.25) is 0 Å². The molecule has 0 radical (unpaired) electrons. The Hall–Kier alpha value is -0.890. The maximum absolute atomic E-state index is 13.4. The Morgan fingerprint density at radius 2 is 1.89 bits per heavy atom. The van der Waals surface area contributed by atoms with Crippen molar-refractivity contribution in [3.8, 4) is 0 Å². The van der Waals surface area contributed by atoms with Gasteiger partial charge in [-0.2, -0.15) is 0 Å². The minimum absolute atomic E-state index is 0.132. The van der Waals surface area contributed by atoms with Gasteiger partial charge in [-0.15, -0.1) is 0 Å². The summed E-state index contributed by atoms with van der Waals surface area (Å²) in [5.74, 6) is 1.07.